The van der Waals surface area contributed by atoms with E-state index in [0.29, 0.717) is 18.0 Å². The van der Waals surface area contributed by atoms with Gasteiger partial charge >= 0.3 is 0 Å². The molecule has 86 valence electrons. The maximum atomic E-state index is 9.04. The summed E-state index contributed by atoms with van der Waals surface area (Å²) in [5.74, 6) is 0.316. The SMILES string of the molecule is CC(Cc1cccs1)NC(C)C(C)CO. The Hall–Kier alpha value is -0.380. The van der Waals surface area contributed by atoms with Crippen molar-refractivity contribution in [2.75, 3.05) is 6.61 Å². The van der Waals surface area contributed by atoms with Crippen LogP contribution in [0.4, 0.5) is 0 Å². The van der Waals surface area contributed by atoms with E-state index in [4.69, 9.17) is 5.11 Å². The molecule has 1 heterocycles. The smallest absolute Gasteiger partial charge is 0.0471 e. The van der Waals surface area contributed by atoms with Gasteiger partial charge in [0.2, 0.25) is 0 Å². The maximum Gasteiger partial charge on any atom is 0.0471 e. The summed E-state index contributed by atoms with van der Waals surface area (Å²) in [6.07, 6.45) is 1.07. The number of hydrogen-bond donors (Lipinski definition) is 2. The second-order valence-corrected chi connectivity index (χ2v) is 5.33. The van der Waals surface area contributed by atoms with Crippen LogP contribution in [0.15, 0.2) is 17.5 Å². The summed E-state index contributed by atoms with van der Waals surface area (Å²) in [4.78, 5) is 1.42. The van der Waals surface area contributed by atoms with Gasteiger partial charge in [0.1, 0.15) is 0 Å². The first-order chi connectivity index (χ1) is 7.13. The number of thiophene rings is 1. The Morgan fingerprint density at radius 1 is 1.40 bits per heavy atom. The van der Waals surface area contributed by atoms with Crippen molar-refractivity contribution in [3.05, 3.63) is 22.4 Å². The Kier molecular flexibility index (Phi) is 5.29. The lowest BCUT2D eigenvalue weighted by Gasteiger charge is -2.23. The van der Waals surface area contributed by atoms with Crippen molar-refractivity contribution in [3.8, 4) is 0 Å². The molecule has 0 spiro atoms. The lowest BCUT2D eigenvalue weighted by Crippen LogP contribution is -2.40. The van der Waals surface area contributed by atoms with Crippen LogP contribution in [0, 0.1) is 5.92 Å². The van der Waals surface area contributed by atoms with Crippen molar-refractivity contribution in [2.24, 2.45) is 5.92 Å². The van der Waals surface area contributed by atoms with Gasteiger partial charge in [0, 0.05) is 23.6 Å². The monoisotopic (exact) mass is 227 g/mol. The lowest BCUT2D eigenvalue weighted by atomic mass is 10.0. The third-order valence-corrected chi connectivity index (χ3v) is 3.68. The van der Waals surface area contributed by atoms with Gasteiger partial charge in [0.25, 0.3) is 0 Å². The van der Waals surface area contributed by atoms with Crippen LogP contribution < -0.4 is 5.32 Å². The molecule has 0 aliphatic heterocycles. The quantitative estimate of drug-likeness (QED) is 0.781. The maximum absolute atomic E-state index is 9.04. The van der Waals surface area contributed by atoms with E-state index in [2.05, 4.69) is 43.6 Å². The molecule has 3 unspecified atom stereocenters. The molecular formula is C12H21NOS. The van der Waals surface area contributed by atoms with E-state index < -0.39 is 0 Å². The fraction of sp³-hybridized carbons (Fsp3) is 0.667. The molecule has 0 saturated carbocycles. The van der Waals surface area contributed by atoms with Gasteiger partial charge in [-0.15, -0.1) is 11.3 Å². The summed E-state index contributed by atoms with van der Waals surface area (Å²) < 4.78 is 0. The highest BCUT2D eigenvalue weighted by atomic mass is 32.1. The van der Waals surface area contributed by atoms with Crippen LogP contribution in [0.5, 0.6) is 0 Å². The van der Waals surface area contributed by atoms with Gasteiger partial charge in [0.05, 0.1) is 0 Å². The Balaban J connectivity index is 2.32. The first-order valence-electron chi connectivity index (χ1n) is 5.52. The fourth-order valence-electron chi connectivity index (χ4n) is 1.56. The van der Waals surface area contributed by atoms with Crippen molar-refractivity contribution in [1.82, 2.24) is 5.32 Å². The third-order valence-electron chi connectivity index (χ3n) is 2.78. The number of rotatable bonds is 6. The van der Waals surface area contributed by atoms with E-state index >= 15 is 0 Å². The molecule has 0 aliphatic rings. The number of hydrogen-bond acceptors (Lipinski definition) is 3. The van der Waals surface area contributed by atoms with Gasteiger partial charge in [-0.05, 0) is 37.6 Å². The molecule has 1 aromatic heterocycles. The molecular weight excluding hydrogens is 206 g/mol. The summed E-state index contributed by atoms with van der Waals surface area (Å²) in [6.45, 7) is 6.64. The van der Waals surface area contributed by atoms with Crippen molar-refractivity contribution in [3.63, 3.8) is 0 Å². The van der Waals surface area contributed by atoms with Gasteiger partial charge in [-0.3, -0.25) is 0 Å². The summed E-state index contributed by atoms with van der Waals surface area (Å²) in [7, 11) is 0. The molecule has 0 aliphatic carbocycles. The molecule has 1 aromatic rings. The average Bonchev–Trinajstić information content (AvgIpc) is 2.68. The van der Waals surface area contributed by atoms with Crippen molar-refractivity contribution in [2.45, 2.75) is 39.3 Å². The standard InChI is InChI=1S/C12H21NOS/c1-9(8-14)11(3)13-10(2)7-12-5-4-6-15-12/h4-6,9-11,13-14H,7-8H2,1-3H3. The third kappa shape index (κ3) is 4.33. The molecule has 3 atom stereocenters. The first-order valence-corrected chi connectivity index (χ1v) is 6.40. The molecule has 0 bridgehead atoms. The average molecular weight is 227 g/mol. The highest BCUT2D eigenvalue weighted by Gasteiger charge is 2.13. The van der Waals surface area contributed by atoms with Gasteiger partial charge in [-0.25, -0.2) is 0 Å². The molecule has 15 heavy (non-hydrogen) atoms. The van der Waals surface area contributed by atoms with Crippen LogP contribution in [-0.2, 0) is 6.42 Å². The van der Waals surface area contributed by atoms with Gasteiger partial charge < -0.3 is 10.4 Å². The molecule has 0 amide bonds. The zero-order valence-corrected chi connectivity index (χ0v) is 10.6. The van der Waals surface area contributed by atoms with E-state index in [1.165, 1.54) is 4.88 Å². The summed E-state index contributed by atoms with van der Waals surface area (Å²) in [6, 6.07) is 5.09. The second kappa shape index (κ2) is 6.26. The van der Waals surface area contributed by atoms with Crippen molar-refractivity contribution in [1.29, 1.82) is 0 Å². The Morgan fingerprint density at radius 2 is 2.13 bits per heavy atom. The van der Waals surface area contributed by atoms with Crippen LogP contribution in [-0.4, -0.2) is 23.8 Å². The number of aliphatic hydroxyl groups is 1. The summed E-state index contributed by atoms with van der Waals surface area (Å²) >= 11 is 1.80. The largest absolute Gasteiger partial charge is 0.396 e. The van der Waals surface area contributed by atoms with E-state index in [0.717, 1.165) is 6.42 Å². The Labute approximate surface area is 96.3 Å². The highest BCUT2D eigenvalue weighted by molar-refractivity contribution is 7.09. The summed E-state index contributed by atoms with van der Waals surface area (Å²) in [5.41, 5.74) is 0. The number of nitrogens with one attached hydrogen (secondary N) is 1. The fourth-order valence-corrected chi connectivity index (χ4v) is 2.40. The van der Waals surface area contributed by atoms with Crippen LogP contribution in [0.3, 0.4) is 0 Å². The minimum atomic E-state index is 0.250. The minimum absolute atomic E-state index is 0.250. The Bertz CT molecular complexity index is 261. The van der Waals surface area contributed by atoms with E-state index in [1.807, 2.05) is 0 Å². The second-order valence-electron chi connectivity index (χ2n) is 4.30. The minimum Gasteiger partial charge on any atom is -0.396 e. The molecule has 0 fully saturated rings. The zero-order valence-electron chi connectivity index (χ0n) is 9.73. The van der Waals surface area contributed by atoms with Crippen LogP contribution >= 0.6 is 11.3 Å². The zero-order chi connectivity index (χ0) is 11.3. The van der Waals surface area contributed by atoms with Crippen molar-refractivity contribution >= 4 is 11.3 Å². The molecule has 0 aromatic carbocycles. The molecule has 0 saturated heterocycles. The predicted molar refractivity (Wildman–Crippen MR) is 66.3 cm³/mol. The first kappa shape index (κ1) is 12.7. The Morgan fingerprint density at radius 3 is 2.67 bits per heavy atom. The highest BCUT2D eigenvalue weighted by Crippen LogP contribution is 2.12. The normalized spacial score (nSPS) is 17.3. The molecule has 2 N–H and O–H groups in total. The van der Waals surface area contributed by atoms with E-state index in [9.17, 15) is 0 Å². The lowest BCUT2D eigenvalue weighted by molar-refractivity contribution is 0.202. The topological polar surface area (TPSA) is 32.3 Å². The summed E-state index contributed by atoms with van der Waals surface area (Å²) in [5, 5.41) is 14.7. The van der Waals surface area contributed by atoms with Crippen LogP contribution in [0.25, 0.3) is 0 Å². The van der Waals surface area contributed by atoms with E-state index in [1.54, 1.807) is 11.3 Å². The molecule has 2 nitrogen and oxygen atoms in total. The van der Waals surface area contributed by atoms with Gasteiger partial charge in [-0.1, -0.05) is 13.0 Å². The molecule has 3 heteroatoms. The molecule has 0 radical (unpaired) electrons. The van der Waals surface area contributed by atoms with Crippen molar-refractivity contribution < 1.29 is 5.11 Å². The van der Waals surface area contributed by atoms with Crippen LogP contribution in [0.1, 0.15) is 25.6 Å². The number of aliphatic hydroxyl groups excluding tert-OH is 1. The van der Waals surface area contributed by atoms with Gasteiger partial charge in [-0.2, -0.15) is 0 Å². The predicted octanol–water partition coefficient (Wildman–Crippen LogP) is 2.29. The van der Waals surface area contributed by atoms with Gasteiger partial charge in [0.15, 0.2) is 0 Å². The van der Waals surface area contributed by atoms with Crippen LogP contribution in [0.2, 0.25) is 0 Å². The van der Waals surface area contributed by atoms with E-state index in [-0.39, 0.29) is 6.61 Å². The molecule has 1 rings (SSSR count).